The smallest absolute Gasteiger partial charge is 0.344 e. The summed E-state index contributed by atoms with van der Waals surface area (Å²) in [5.41, 5.74) is 1.35. The number of aliphatic hydroxyl groups is 1. The number of thioether (sulfide) groups is 1. The van der Waals surface area contributed by atoms with E-state index in [4.69, 9.17) is 18.9 Å². The van der Waals surface area contributed by atoms with Crippen LogP contribution >= 0.6 is 11.8 Å². The van der Waals surface area contributed by atoms with Crippen molar-refractivity contribution in [1.82, 2.24) is 0 Å². The third-order valence-corrected chi connectivity index (χ3v) is 5.27. The fourth-order valence-electron chi connectivity index (χ4n) is 2.73. The second kappa shape index (κ2) is 9.41. The summed E-state index contributed by atoms with van der Waals surface area (Å²) in [4.78, 5) is 17.3. The van der Waals surface area contributed by atoms with Crippen LogP contribution in [0, 0.1) is 0 Å². The summed E-state index contributed by atoms with van der Waals surface area (Å²) >= 11 is 1.17. The van der Waals surface area contributed by atoms with Crippen molar-refractivity contribution in [2.75, 3.05) is 28.4 Å². The van der Waals surface area contributed by atoms with E-state index in [0.29, 0.717) is 32.9 Å². The van der Waals surface area contributed by atoms with E-state index < -0.39 is 5.97 Å². The third kappa shape index (κ3) is 4.60. The SMILES string of the molecule is COC(=O)C1=C(O)/C(=C\c2cc(OC)cc(OC)c2)SC1=Nc1ccc(OC)cc1. The second-order valence-corrected chi connectivity index (χ2v) is 7.12. The van der Waals surface area contributed by atoms with Crippen molar-refractivity contribution in [3.63, 3.8) is 0 Å². The lowest BCUT2D eigenvalue weighted by Crippen LogP contribution is -2.10. The van der Waals surface area contributed by atoms with Crippen LogP contribution in [0.2, 0.25) is 0 Å². The van der Waals surface area contributed by atoms with E-state index >= 15 is 0 Å². The van der Waals surface area contributed by atoms with Gasteiger partial charge in [-0.3, -0.25) is 0 Å². The molecule has 0 bridgehead atoms. The lowest BCUT2D eigenvalue weighted by molar-refractivity contribution is -0.135. The van der Waals surface area contributed by atoms with Crippen LogP contribution in [0.1, 0.15) is 5.56 Å². The summed E-state index contributed by atoms with van der Waals surface area (Å²) in [5, 5.41) is 11.1. The molecule has 0 atom stereocenters. The number of hydrogen-bond donors (Lipinski definition) is 1. The fourth-order valence-corrected chi connectivity index (χ4v) is 3.76. The van der Waals surface area contributed by atoms with Crippen LogP contribution < -0.4 is 14.2 Å². The Morgan fingerprint density at radius 2 is 1.53 bits per heavy atom. The molecule has 1 N–H and O–H groups in total. The molecule has 2 aromatic rings. The number of aliphatic imine (C=N–C) groups is 1. The van der Waals surface area contributed by atoms with Crippen LogP contribution in [0.3, 0.4) is 0 Å². The van der Waals surface area contributed by atoms with Crippen LogP contribution in [-0.4, -0.2) is 44.6 Å². The average molecular weight is 427 g/mol. The molecule has 1 aliphatic heterocycles. The molecule has 2 aromatic carbocycles. The molecule has 0 radical (unpaired) electrons. The Morgan fingerprint density at radius 3 is 2.07 bits per heavy atom. The number of carbonyl (C=O) groups excluding carboxylic acids is 1. The zero-order chi connectivity index (χ0) is 21.7. The van der Waals surface area contributed by atoms with Gasteiger partial charge in [-0.1, -0.05) is 11.8 Å². The molecule has 0 fully saturated rings. The summed E-state index contributed by atoms with van der Waals surface area (Å²) in [6.07, 6.45) is 1.73. The molecule has 0 aliphatic carbocycles. The highest BCUT2D eigenvalue weighted by Gasteiger charge is 2.33. The number of esters is 1. The van der Waals surface area contributed by atoms with Gasteiger partial charge in [-0.2, -0.15) is 0 Å². The summed E-state index contributed by atoms with van der Waals surface area (Å²) in [6.45, 7) is 0. The number of hydrogen-bond acceptors (Lipinski definition) is 8. The Morgan fingerprint density at radius 1 is 0.933 bits per heavy atom. The number of carbonyl (C=O) groups is 1. The van der Waals surface area contributed by atoms with E-state index in [2.05, 4.69) is 4.99 Å². The van der Waals surface area contributed by atoms with Crippen molar-refractivity contribution in [2.24, 2.45) is 4.99 Å². The molecule has 0 saturated heterocycles. The molecule has 1 aliphatic rings. The Hall–Kier alpha value is -3.39. The summed E-state index contributed by atoms with van der Waals surface area (Å²) in [7, 11) is 5.95. The van der Waals surface area contributed by atoms with Gasteiger partial charge in [0.05, 0.1) is 39.0 Å². The maximum Gasteiger partial charge on any atom is 0.344 e. The quantitative estimate of drug-likeness (QED) is 0.679. The number of ether oxygens (including phenoxy) is 4. The minimum Gasteiger partial charge on any atom is -0.506 e. The van der Waals surface area contributed by atoms with E-state index in [1.807, 2.05) is 0 Å². The summed E-state index contributed by atoms with van der Waals surface area (Å²) < 4.78 is 20.6. The van der Waals surface area contributed by atoms with E-state index in [0.717, 1.165) is 5.56 Å². The lowest BCUT2D eigenvalue weighted by atomic mass is 10.1. The highest BCUT2D eigenvalue weighted by molar-refractivity contribution is 8.18. The van der Waals surface area contributed by atoms with Crippen LogP contribution in [-0.2, 0) is 9.53 Å². The third-order valence-electron chi connectivity index (χ3n) is 4.25. The molecular formula is C22H21NO6S. The van der Waals surface area contributed by atoms with Gasteiger partial charge in [-0.25, -0.2) is 9.79 Å². The molecule has 1 heterocycles. The Kier molecular flexibility index (Phi) is 6.68. The van der Waals surface area contributed by atoms with Crippen molar-refractivity contribution in [3.05, 3.63) is 64.3 Å². The first kappa shape index (κ1) is 21.3. The molecular weight excluding hydrogens is 406 g/mol. The molecule has 7 nitrogen and oxygen atoms in total. The first-order chi connectivity index (χ1) is 14.5. The van der Waals surface area contributed by atoms with Gasteiger partial charge in [0, 0.05) is 6.07 Å². The molecule has 0 saturated carbocycles. The largest absolute Gasteiger partial charge is 0.506 e. The highest BCUT2D eigenvalue weighted by atomic mass is 32.2. The van der Waals surface area contributed by atoms with E-state index in [9.17, 15) is 9.90 Å². The van der Waals surface area contributed by atoms with Gasteiger partial charge in [-0.05, 0) is 48.0 Å². The minimum atomic E-state index is -0.668. The molecule has 30 heavy (non-hydrogen) atoms. The maximum absolute atomic E-state index is 12.3. The maximum atomic E-state index is 12.3. The monoisotopic (exact) mass is 427 g/mol. The van der Waals surface area contributed by atoms with Gasteiger partial charge in [-0.15, -0.1) is 0 Å². The van der Waals surface area contributed by atoms with Crippen LogP contribution in [0.5, 0.6) is 17.2 Å². The Balaban J connectivity index is 2.03. The minimum absolute atomic E-state index is 0.0134. The summed E-state index contributed by atoms with van der Waals surface area (Å²) in [5.74, 6) is 1.04. The Labute approximate surface area is 178 Å². The zero-order valence-corrected chi connectivity index (χ0v) is 17.8. The van der Waals surface area contributed by atoms with E-state index in [-0.39, 0.29) is 11.3 Å². The first-order valence-corrected chi connectivity index (χ1v) is 9.68. The van der Waals surface area contributed by atoms with Crippen molar-refractivity contribution in [2.45, 2.75) is 0 Å². The number of aliphatic hydroxyl groups excluding tert-OH is 1. The van der Waals surface area contributed by atoms with Crippen molar-refractivity contribution in [3.8, 4) is 17.2 Å². The number of nitrogens with zero attached hydrogens (tertiary/aromatic N) is 1. The molecule has 0 aromatic heterocycles. The van der Waals surface area contributed by atoms with Crippen molar-refractivity contribution in [1.29, 1.82) is 0 Å². The highest BCUT2D eigenvalue weighted by Crippen LogP contribution is 2.40. The van der Waals surface area contributed by atoms with Crippen LogP contribution in [0.25, 0.3) is 6.08 Å². The van der Waals surface area contributed by atoms with Gasteiger partial charge in [0.2, 0.25) is 0 Å². The van der Waals surface area contributed by atoms with Crippen LogP contribution in [0.4, 0.5) is 5.69 Å². The Bertz CT molecular complexity index is 1020. The number of methoxy groups -OCH3 is 4. The molecule has 3 rings (SSSR count). The predicted octanol–water partition coefficient (Wildman–Crippen LogP) is 4.52. The number of rotatable bonds is 6. The zero-order valence-electron chi connectivity index (χ0n) is 17.0. The van der Waals surface area contributed by atoms with Gasteiger partial charge in [0.15, 0.2) is 0 Å². The molecule has 8 heteroatoms. The first-order valence-electron chi connectivity index (χ1n) is 8.86. The topological polar surface area (TPSA) is 86.6 Å². The second-order valence-electron chi connectivity index (χ2n) is 6.09. The lowest BCUT2D eigenvalue weighted by Gasteiger charge is -2.06. The van der Waals surface area contributed by atoms with Gasteiger partial charge >= 0.3 is 5.97 Å². The molecule has 0 unspecified atom stereocenters. The predicted molar refractivity (Wildman–Crippen MR) is 117 cm³/mol. The molecule has 0 spiro atoms. The van der Waals surface area contributed by atoms with Gasteiger partial charge in [0.1, 0.15) is 33.6 Å². The van der Waals surface area contributed by atoms with Gasteiger partial charge < -0.3 is 24.1 Å². The van der Waals surface area contributed by atoms with E-state index in [1.165, 1.54) is 18.9 Å². The molecule has 156 valence electrons. The van der Waals surface area contributed by atoms with Crippen molar-refractivity contribution < 1.29 is 28.8 Å². The normalized spacial score (nSPS) is 16.1. The fraction of sp³-hybridized carbons (Fsp3) is 0.182. The average Bonchev–Trinajstić information content (AvgIpc) is 3.07. The van der Waals surface area contributed by atoms with Crippen LogP contribution in [0.15, 0.2) is 63.7 Å². The summed E-state index contributed by atoms with van der Waals surface area (Å²) in [6, 6.07) is 12.4. The van der Waals surface area contributed by atoms with E-state index in [1.54, 1.807) is 69.9 Å². The standard InChI is InChI=1S/C22H21NO6S/c1-26-15-7-5-14(6-8-15)23-21-19(22(25)29-4)20(24)18(30-21)11-13-9-16(27-2)12-17(10-13)28-3/h5-12,24H,1-4H3/b18-11+,23-21?. The van der Waals surface area contributed by atoms with Crippen molar-refractivity contribution >= 4 is 34.5 Å². The number of benzene rings is 2. The van der Waals surface area contributed by atoms with Gasteiger partial charge in [0.25, 0.3) is 0 Å². The molecule has 0 amide bonds.